The molecule has 3 nitrogen and oxygen atoms in total. The fraction of sp³-hybridized carbons (Fsp3) is 0.320. The van der Waals surface area contributed by atoms with Gasteiger partial charge in [-0.15, -0.1) is 0 Å². The van der Waals surface area contributed by atoms with Gasteiger partial charge in [0.15, 0.2) is 0 Å². The average molecular weight is 408 g/mol. The van der Waals surface area contributed by atoms with Crippen molar-refractivity contribution in [3.8, 4) is 0 Å². The highest BCUT2D eigenvalue weighted by Crippen LogP contribution is 2.26. The second-order valence-corrected chi connectivity index (χ2v) is 8.17. The zero-order valence-corrected chi connectivity index (χ0v) is 17.2. The van der Waals surface area contributed by atoms with E-state index in [1.54, 1.807) is 24.5 Å². The Morgan fingerprint density at radius 1 is 0.967 bits per heavy atom. The third kappa shape index (κ3) is 5.29. The Kier molecular flexibility index (Phi) is 6.50. The fourth-order valence-corrected chi connectivity index (χ4v) is 4.19. The number of nitrogens with one attached hydrogen (secondary N) is 1. The summed E-state index contributed by atoms with van der Waals surface area (Å²) in [6.07, 6.45) is 5.22. The summed E-state index contributed by atoms with van der Waals surface area (Å²) in [5.41, 5.74) is 4.58. The van der Waals surface area contributed by atoms with Crippen LogP contribution in [0, 0.1) is 11.6 Å². The van der Waals surface area contributed by atoms with Crippen LogP contribution >= 0.6 is 0 Å². The summed E-state index contributed by atoms with van der Waals surface area (Å²) in [5, 5.41) is 3.59. The Balaban J connectivity index is 1.47. The Morgan fingerprint density at radius 2 is 1.70 bits per heavy atom. The van der Waals surface area contributed by atoms with Gasteiger partial charge in [0.2, 0.25) is 0 Å². The molecule has 2 aromatic carbocycles. The second-order valence-electron chi connectivity index (χ2n) is 8.17. The van der Waals surface area contributed by atoms with Crippen LogP contribution in [0.25, 0.3) is 0 Å². The van der Waals surface area contributed by atoms with Crippen molar-refractivity contribution in [3.63, 3.8) is 0 Å². The molecule has 0 amide bonds. The molecular weight excluding hydrogens is 380 g/mol. The van der Waals surface area contributed by atoms with Crippen LogP contribution in [0.1, 0.15) is 29.2 Å². The van der Waals surface area contributed by atoms with Crippen molar-refractivity contribution < 1.29 is 8.78 Å². The number of hydrogen-bond acceptors (Lipinski definition) is 3. The standard InChI is InChI=1S/C25H27F2N3/c1-18(29-15-20-8-10-28-11-9-20)16-30-17-21-4-7-24(27)13-22(21)14-25(30)12-19-2-5-23(26)6-3-19/h2-11,13,18,25,29H,12,14-17H2,1H3/t18-,25?/m0/s1. The van der Waals surface area contributed by atoms with Crippen LogP contribution in [0.15, 0.2) is 67.0 Å². The lowest BCUT2D eigenvalue weighted by Gasteiger charge is -2.39. The first kappa shape index (κ1) is 20.6. The molecule has 0 saturated heterocycles. The quantitative estimate of drug-likeness (QED) is 0.625. The minimum Gasteiger partial charge on any atom is -0.309 e. The van der Waals surface area contributed by atoms with Gasteiger partial charge in [0.25, 0.3) is 0 Å². The summed E-state index contributed by atoms with van der Waals surface area (Å²) >= 11 is 0. The molecule has 1 N–H and O–H groups in total. The van der Waals surface area contributed by atoms with Gasteiger partial charge in [-0.1, -0.05) is 18.2 Å². The van der Waals surface area contributed by atoms with Crippen molar-refractivity contribution in [1.29, 1.82) is 0 Å². The lowest BCUT2D eigenvalue weighted by molar-refractivity contribution is 0.154. The molecule has 4 rings (SSSR count). The predicted molar refractivity (Wildman–Crippen MR) is 115 cm³/mol. The third-order valence-electron chi connectivity index (χ3n) is 5.81. The molecule has 156 valence electrons. The number of nitrogens with zero attached hydrogens (tertiary/aromatic N) is 2. The third-order valence-corrected chi connectivity index (χ3v) is 5.81. The molecule has 0 aliphatic carbocycles. The fourth-order valence-electron chi connectivity index (χ4n) is 4.19. The summed E-state index contributed by atoms with van der Waals surface area (Å²) in [4.78, 5) is 6.53. The smallest absolute Gasteiger partial charge is 0.123 e. The van der Waals surface area contributed by atoms with E-state index >= 15 is 0 Å². The number of benzene rings is 2. The van der Waals surface area contributed by atoms with Crippen molar-refractivity contribution in [2.45, 2.75) is 44.9 Å². The molecule has 30 heavy (non-hydrogen) atoms. The van der Waals surface area contributed by atoms with E-state index < -0.39 is 0 Å². The Morgan fingerprint density at radius 3 is 2.47 bits per heavy atom. The van der Waals surface area contributed by atoms with Crippen LogP contribution in [0.4, 0.5) is 8.78 Å². The van der Waals surface area contributed by atoms with Crippen LogP contribution in [0.5, 0.6) is 0 Å². The summed E-state index contributed by atoms with van der Waals surface area (Å²) in [7, 11) is 0. The molecule has 1 aromatic heterocycles. The van der Waals surface area contributed by atoms with E-state index in [2.05, 4.69) is 22.1 Å². The summed E-state index contributed by atoms with van der Waals surface area (Å²) in [6, 6.07) is 16.4. The number of aromatic nitrogens is 1. The highest BCUT2D eigenvalue weighted by atomic mass is 19.1. The lowest BCUT2D eigenvalue weighted by Crippen LogP contribution is -2.47. The molecule has 0 fully saturated rings. The molecular formula is C25H27F2N3. The molecule has 5 heteroatoms. The van der Waals surface area contributed by atoms with Crippen molar-refractivity contribution in [3.05, 3.63) is 101 Å². The van der Waals surface area contributed by atoms with Crippen molar-refractivity contribution in [2.75, 3.05) is 6.54 Å². The number of rotatable bonds is 7. The number of pyridine rings is 1. The van der Waals surface area contributed by atoms with Gasteiger partial charge in [-0.05, 0) is 78.4 Å². The van der Waals surface area contributed by atoms with E-state index in [9.17, 15) is 8.78 Å². The van der Waals surface area contributed by atoms with E-state index in [4.69, 9.17) is 0 Å². The summed E-state index contributed by atoms with van der Waals surface area (Å²) in [6.45, 7) is 4.66. The van der Waals surface area contributed by atoms with Crippen LogP contribution in [0.2, 0.25) is 0 Å². The first-order valence-corrected chi connectivity index (χ1v) is 10.4. The van der Waals surface area contributed by atoms with Gasteiger partial charge in [0.05, 0.1) is 0 Å². The van der Waals surface area contributed by atoms with Crippen LogP contribution in [0.3, 0.4) is 0 Å². The van der Waals surface area contributed by atoms with E-state index in [0.717, 1.165) is 43.6 Å². The maximum atomic E-state index is 13.8. The first-order valence-electron chi connectivity index (χ1n) is 10.4. The van der Waals surface area contributed by atoms with Gasteiger partial charge in [-0.3, -0.25) is 9.88 Å². The first-order chi connectivity index (χ1) is 14.6. The number of halogens is 2. The molecule has 2 heterocycles. The van der Waals surface area contributed by atoms with E-state index in [1.165, 1.54) is 23.3 Å². The van der Waals surface area contributed by atoms with Crippen LogP contribution in [-0.4, -0.2) is 28.5 Å². The summed E-state index contributed by atoms with van der Waals surface area (Å²) < 4.78 is 27.1. The van der Waals surface area contributed by atoms with Gasteiger partial charge < -0.3 is 5.32 Å². The number of fused-ring (bicyclic) bond motifs is 1. The van der Waals surface area contributed by atoms with Gasteiger partial charge in [0, 0.05) is 44.1 Å². The van der Waals surface area contributed by atoms with Crippen LogP contribution in [-0.2, 0) is 25.9 Å². The zero-order chi connectivity index (χ0) is 20.9. The molecule has 1 aliphatic heterocycles. The highest BCUT2D eigenvalue weighted by molar-refractivity contribution is 5.32. The van der Waals surface area contributed by atoms with Gasteiger partial charge in [-0.2, -0.15) is 0 Å². The average Bonchev–Trinajstić information content (AvgIpc) is 2.75. The normalized spacial score (nSPS) is 17.5. The molecule has 0 bridgehead atoms. The minimum atomic E-state index is -0.222. The molecule has 3 aromatic rings. The van der Waals surface area contributed by atoms with Crippen molar-refractivity contribution >= 4 is 0 Å². The maximum absolute atomic E-state index is 13.8. The zero-order valence-electron chi connectivity index (χ0n) is 17.2. The molecule has 0 saturated carbocycles. The SMILES string of the molecule is C[C@@H](CN1Cc2ccc(F)cc2CC1Cc1ccc(F)cc1)NCc1ccncc1. The molecule has 1 unspecified atom stereocenters. The van der Waals surface area contributed by atoms with Crippen LogP contribution < -0.4 is 5.32 Å². The molecule has 0 radical (unpaired) electrons. The largest absolute Gasteiger partial charge is 0.309 e. The van der Waals surface area contributed by atoms with Crippen molar-refractivity contribution in [1.82, 2.24) is 15.2 Å². The van der Waals surface area contributed by atoms with E-state index in [-0.39, 0.29) is 23.7 Å². The van der Waals surface area contributed by atoms with Gasteiger partial charge in [-0.25, -0.2) is 8.78 Å². The van der Waals surface area contributed by atoms with E-state index in [1.807, 2.05) is 30.3 Å². The molecule has 1 aliphatic rings. The Labute approximate surface area is 176 Å². The minimum absolute atomic E-state index is 0.185. The molecule has 0 spiro atoms. The van der Waals surface area contributed by atoms with Gasteiger partial charge in [0.1, 0.15) is 11.6 Å². The molecule has 2 atom stereocenters. The van der Waals surface area contributed by atoms with E-state index in [0.29, 0.717) is 0 Å². The highest BCUT2D eigenvalue weighted by Gasteiger charge is 2.27. The Bertz CT molecular complexity index is 960. The monoisotopic (exact) mass is 407 g/mol. The number of hydrogen-bond donors (Lipinski definition) is 1. The lowest BCUT2D eigenvalue weighted by atomic mass is 9.90. The topological polar surface area (TPSA) is 28.2 Å². The predicted octanol–water partition coefficient (Wildman–Crippen LogP) is 4.51. The Hall–Kier alpha value is -2.63. The maximum Gasteiger partial charge on any atom is 0.123 e. The van der Waals surface area contributed by atoms with Crippen molar-refractivity contribution in [2.24, 2.45) is 0 Å². The van der Waals surface area contributed by atoms with Gasteiger partial charge >= 0.3 is 0 Å². The second kappa shape index (κ2) is 9.45. The summed E-state index contributed by atoms with van der Waals surface area (Å²) in [5.74, 6) is -0.407.